The van der Waals surface area contributed by atoms with Crippen molar-refractivity contribution in [1.82, 2.24) is 10.2 Å². The highest BCUT2D eigenvalue weighted by molar-refractivity contribution is 14.0. The Labute approximate surface area is 168 Å². The minimum atomic E-state index is -0.134. The molecule has 6 heteroatoms. The summed E-state index contributed by atoms with van der Waals surface area (Å²) in [5, 5.41) is 3.45. The van der Waals surface area contributed by atoms with Crippen LogP contribution >= 0.6 is 24.0 Å². The molecule has 2 atom stereocenters. The van der Waals surface area contributed by atoms with Crippen molar-refractivity contribution in [2.45, 2.75) is 34.2 Å². The minimum absolute atomic E-state index is 0. The van der Waals surface area contributed by atoms with E-state index in [-0.39, 0.29) is 41.8 Å². The van der Waals surface area contributed by atoms with E-state index in [9.17, 15) is 4.79 Å². The third-order valence-corrected chi connectivity index (χ3v) is 4.89. The molecule has 1 fully saturated rings. The van der Waals surface area contributed by atoms with Gasteiger partial charge in [-0.15, -0.1) is 24.0 Å². The molecule has 0 saturated carbocycles. The molecular weight excluding hydrogens is 429 g/mol. The van der Waals surface area contributed by atoms with Crippen LogP contribution in [0.2, 0.25) is 0 Å². The fraction of sp³-hybridized carbons (Fsp3) is 0.579. The fourth-order valence-corrected chi connectivity index (χ4v) is 3.59. The van der Waals surface area contributed by atoms with E-state index in [0.29, 0.717) is 6.54 Å². The Bertz CT molecular complexity index is 623. The van der Waals surface area contributed by atoms with Crippen molar-refractivity contribution < 1.29 is 9.53 Å². The van der Waals surface area contributed by atoms with Gasteiger partial charge in [-0.2, -0.15) is 0 Å². The predicted octanol–water partition coefficient (Wildman–Crippen LogP) is 3.05. The number of halogens is 1. The largest absolute Gasteiger partial charge is 0.469 e. The van der Waals surface area contributed by atoms with Crippen LogP contribution in [0.3, 0.4) is 0 Å². The number of carbonyl (C=O) groups excluding carboxylic acids is 1. The van der Waals surface area contributed by atoms with E-state index in [1.165, 1.54) is 29.4 Å². The number of benzene rings is 1. The first-order valence-corrected chi connectivity index (χ1v) is 8.47. The Morgan fingerprint density at radius 1 is 1.28 bits per heavy atom. The molecule has 1 heterocycles. The second kappa shape index (κ2) is 9.40. The number of nitrogens with zero attached hydrogens (tertiary/aromatic N) is 2. The molecule has 2 rings (SSSR count). The molecule has 1 aromatic rings. The summed E-state index contributed by atoms with van der Waals surface area (Å²) >= 11 is 0. The topological polar surface area (TPSA) is 53.9 Å². The van der Waals surface area contributed by atoms with E-state index >= 15 is 0 Å². The minimum Gasteiger partial charge on any atom is -0.469 e. The van der Waals surface area contributed by atoms with Crippen LogP contribution in [0, 0.1) is 32.6 Å². The van der Waals surface area contributed by atoms with Gasteiger partial charge in [-0.1, -0.05) is 24.6 Å². The Hall–Kier alpha value is -1.31. The number of guanidine groups is 1. The average Bonchev–Trinajstić information content (AvgIpc) is 2.91. The van der Waals surface area contributed by atoms with Crippen molar-refractivity contribution in [3.8, 4) is 0 Å². The summed E-state index contributed by atoms with van der Waals surface area (Å²) in [6.07, 6.45) is 0. The molecule has 25 heavy (non-hydrogen) atoms. The number of methoxy groups -OCH3 is 1. The van der Waals surface area contributed by atoms with E-state index in [1.807, 2.05) is 0 Å². The summed E-state index contributed by atoms with van der Waals surface area (Å²) in [6.45, 7) is 10.7. The summed E-state index contributed by atoms with van der Waals surface area (Å²) in [5.41, 5.74) is 5.17. The van der Waals surface area contributed by atoms with Crippen molar-refractivity contribution in [1.29, 1.82) is 0 Å². The van der Waals surface area contributed by atoms with Crippen LogP contribution in [0.25, 0.3) is 0 Å². The summed E-state index contributed by atoms with van der Waals surface area (Å²) < 4.78 is 4.91. The smallest absolute Gasteiger partial charge is 0.310 e. The highest BCUT2D eigenvalue weighted by Crippen LogP contribution is 2.24. The number of ether oxygens (including phenoxy) is 1. The summed E-state index contributed by atoms with van der Waals surface area (Å²) in [7, 11) is 3.24. The third kappa shape index (κ3) is 5.09. The molecule has 140 valence electrons. The second-order valence-corrected chi connectivity index (χ2v) is 6.79. The maximum Gasteiger partial charge on any atom is 0.310 e. The van der Waals surface area contributed by atoms with E-state index in [1.54, 1.807) is 7.05 Å². The molecule has 1 N–H and O–H groups in total. The van der Waals surface area contributed by atoms with Crippen LogP contribution < -0.4 is 5.32 Å². The van der Waals surface area contributed by atoms with Gasteiger partial charge in [0.05, 0.1) is 13.0 Å². The van der Waals surface area contributed by atoms with Crippen LogP contribution in [0.1, 0.15) is 29.2 Å². The molecule has 0 spiro atoms. The van der Waals surface area contributed by atoms with Gasteiger partial charge in [0.15, 0.2) is 5.96 Å². The molecule has 0 aliphatic carbocycles. The molecule has 1 saturated heterocycles. The lowest BCUT2D eigenvalue weighted by molar-refractivity contribution is -0.145. The first kappa shape index (κ1) is 21.7. The van der Waals surface area contributed by atoms with Gasteiger partial charge in [0, 0.05) is 26.7 Å². The fourth-order valence-electron chi connectivity index (χ4n) is 3.59. The van der Waals surface area contributed by atoms with E-state index in [0.717, 1.165) is 19.0 Å². The summed E-state index contributed by atoms with van der Waals surface area (Å²) in [4.78, 5) is 18.4. The van der Waals surface area contributed by atoms with Gasteiger partial charge in [0.1, 0.15) is 0 Å². The molecule has 1 aliphatic rings. The number of aliphatic imine (C=N–C) groups is 1. The van der Waals surface area contributed by atoms with Crippen LogP contribution in [-0.2, 0) is 16.1 Å². The van der Waals surface area contributed by atoms with Crippen LogP contribution in [0.15, 0.2) is 17.1 Å². The zero-order chi connectivity index (χ0) is 17.9. The third-order valence-electron chi connectivity index (χ3n) is 4.89. The van der Waals surface area contributed by atoms with Gasteiger partial charge in [-0.05, 0) is 43.4 Å². The first-order valence-electron chi connectivity index (χ1n) is 8.47. The lowest BCUT2D eigenvalue weighted by Gasteiger charge is -2.22. The van der Waals surface area contributed by atoms with Crippen molar-refractivity contribution in [2.24, 2.45) is 16.8 Å². The molecule has 1 aromatic carbocycles. The molecule has 1 aliphatic heterocycles. The van der Waals surface area contributed by atoms with E-state index < -0.39 is 0 Å². The van der Waals surface area contributed by atoms with Crippen LogP contribution in [0.5, 0.6) is 0 Å². The Morgan fingerprint density at radius 2 is 1.88 bits per heavy atom. The quantitative estimate of drug-likeness (QED) is 0.327. The Balaban J connectivity index is 0.00000312. The number of hydrogen-bond acceptors (Lipinski definition) is 3. The maximum absolute atomic E-state index is 11.9. The van der Waals surface area contributed by atoms with Gasteiger partial charge in [0.2, 0.25) is 0 Å². The van der Waals surface area contributed by atoms with Crippen molar-refractivity contribution in [3.63, 3.8) is 0 Å². The molecule has 0 aromatic heterocycles. The molecule has 5 nitrogen and oxygen atoms in total. The number of likely N-dealkylation sites (tertiary alicyclic amines) is 1. The Morgan fingerprint density at radius 3 is 2.40 bits per heavy atom. The summed E-state index contributed by atoms with van der Waals surface area (Å²) in [6, 6.07) is 4.41. The SMILES string of the molecule is CN=C(NCc1c(C)cc(C)cc1C)N1CC(C)C(C(=O)OC)C1.I. The number of nitrogens with one attached hydrogen (secondary N) is 1. The Kier molecular flexibility index (Phi) is 8.18. The number of esters is 1. The van der Waals surface area contributed by atoms with Gasteiger partial charge in [0.25, 0.3) is 0 Å². The maximum atomic E-state index is 11.9. The zero-order valence-electron chi connectivity index (χ0n) is 16.0. The molecule has 2 unspecified atom stereocenters. The van der Waals surface area contributed by atoms with Gasteiger partial charge in [-0.25, -0.2) is 0 Å². The number of hydrogen-bond donors (Lipinski definition) is 1. The number of aryl methyl sites for hydroxylation is 3. The van der Waals surface area contributed by atoms with Gasteiger partial charge < -0.3 is 15.0 Å². The van der Waals surface area contributed by atoms with E-state index in [4.69, 9.17) is 4.74 Å². The molecule has 0 radical (unpaired) electrons. The van der Waals surface area contributed by atoms with Crippen LogP contribution in [0.4, 0.5) is 0 Å². The van der Waals surface area contributed by atoms with Crippen LogP contribution in [-0.4, -0.2) is 44.1 Å². The highest BCUT2D eigenvalue weighted by atomic mass is 127. The van der Waals surface area contributed by atoms with Crippen molar-refractivity contribution in [2.75, 3.05) is 27.2 Å². The molecular formula is C19H30IN3O2. The zero-order valence-corrected chi connectivity index (χ0v) is 18.4. The normalized spacial score (nSPS) is 20.2. The summed E-state index contributed by atoms with van der Waals surface area (Å²) in [5.74, 6) is 0.883. The monoisotopic (exact) mass is 459 g/mol. The highest BCUT2D eigenvalue weighted by Gasteiger charge is 2.36. The average molecular weight is 459 g/mol. The lowest BCUT2D eigenvalue weighted by atomic mass is 9.99. The number of rotatable bonds is 3. The van der Waals surface area contributed by atoms with Gasteiger partial charge in [-0.3, -0.25) is 9.79 Å². The van der Waals surface area contributed by atoms with Gasteiger partial charge >= 0.3 is 5.97 Å². The standard InChI is InChI=1S/C19H29N3O2.HI/c1-12-7-13(2)16(14(3)8-12)9-21-19(20-5)22-10-15(4)17(11-22)18(23)24-6;/h7-8,15,17H,9-11H2,1-6H3,(H,20,21);1H. The molecule has 0 amide bonds. The first-order chi connectivity index (χ1) is 11.4. The van der Waals surface area contributed by atoms with Crippen molar-refractivity contribution in [3.05, 3.63) is 34.4 Å². The van der Waals surface area contributed by atoms with E-state index in [2.05, 4.69) is 55.0 Å². The lowest BCUT2D eigenvalue weighted by Crippen LogP contribution is -2.40. The van der Waals surface area contributed by atoms with Crippen molar-refractivity contribution >= 4 is 35.9 Å². The number of carbonyl (C=O) groups is 1. The second-order valence-electron chi connectivity index (χ2n) is 6.79. The molecule has 0 bridgehead atoms. The predicted molar refractivity (Wildman–Crippen MR) is 113 cm³/mol.